The number of aryl methyl sites for hydroxylation is 1. The highest BCUT2D eigenvalue weighted by Gasteiger charge is 2.30. The summed E-state index contributed by atoms with van der Waals surface area (Å²) in [5.41, 5.74) is 2.64. The molecule has 1 fully saturated rings. The van der Waals surface area contributed by atoms with Crippen LogP contribution in [0.25, 0.3) is 0 Å². The minimum Gasteiger partial charge on any atom is -0.339 e. The highest BCUT2D eigenvalue weighted by Crippen LogP contribution is 2.29. The zero-order valence-electron chi connectivity index (χ0n) is 14.0. The Bertz CT molecular complexity index is 642. The first kappa shape index (κ1) is 15.2. The lowest BCUT2D eigenvalue weighted by Crippen LogP contribution is -2.20. The first-order valence-electron chi connectivity index (χ1n) is 8.04. The molecule has 0 unspecified atom stereocenters. The number of benzene rings is 1. The summed E-state index contributed by atoms with van der Waals surface area (Å²) in [6.45, 7) is 11.6. The second-order valence-corrected chi connectivity index (χ2v) is 7.42. The van der Waals surface area contributed by atoms with Gasteiger partial charge in [-0.25, -0.2) is 0 Å². The van der Waals surface area contributed by atoms with Crippen molar-refractivity contribution in [2.24, 2.45) is 0 Å². The molecule has 3 rings (SSSR count). The molecule has 118 valence electrons. The van der Waals surface area contributed by atoms with Crippen LogP contribution in [0, 0.1) is 6.92 Å². The lowest BCUT2D eigenvalue weighted by atomic mass is 9.96. The number of hydrogen-bond donors (Lipinski definition) is 0. The van der Waals surface area contributed by atoms with E-state index < -0.39 is 0 Å². The van der Waals surface area contributed by atoms with Crippen molar-refractivity contribution in [1.82, 2.24) is 15.0 Å². The number of rotatable bonds is 3. The van der Waals surface area contributed by atoms with Gasteiger partial charge in [0.05, 0.1) is 5.92 Å². The van der Waals surface area contributed by atoms with Gasteiger partial charge in [-0.2, -0.15) is 4.98 Å². The molecule has 0 N–H and O–H groups in total. The van der Waals surface area contributed by atoms with Gasteiger partial charge in [0.15, 0.2) is 5.82 Å². The number of aromatic nitrogens is 2. The van der Waals surface area contributed by atoms with E-state index in [1.54, 1.807) is 0 Å². The molecule has 1 aromatic carbocycles. The maximum atomic E-state index is 5.50. The van der Waals surface area contributed by atoms with Crippen LogP contribution in [0.1, 0.15) is 56.0 Å². The number of hydrogen-bond acceptors (Lipinski definition) is 4. The maximum absolute atomic E-state index is 5.50. The van der Waals surface area contributed by atoms with E-state index in [4.69, 9.17) is 4.52 Å². The molecule has 1 aliphatic rings. The molecular weight excluding hydrogens is 274 g/mol. The van der Waals surface area contributed by atoms with Crippen molar-refractivity contribution in [3.63, 3.8) is 0 Å². The van der Waals surface area contributed by atoms with Gasteiger partial charge in [0.1, 0.15) is 0 Å². The van der Waals surface area contributed by atoms with Crippen LogP contribution in [0.2, 0.25) is 0 Å². The van der Waals surface area contributed by atoms with E-state index in [1.165, 1.54) is 11.1 Å². The minimum atomic E-state index is -0.0540. The quantitative estimate of drug-likeness (QED) is 0.867. The first-order valence-corrected chi connectivity index (χ1v) is 8.04. The third kappa shape index (κ3) is 3.38. The van der Waals surface area contributed by atoms with Gasteiger partial charge in [-0.05, 0) is 25.5 Å². The fourth-order valence-corrected chi connectivity index (χ4v) is 2.95. The van der Waals surface area contributed by atoms with Crippen LogP contribution in [0.4, 0.5) is 0 Å². The predicted octanol–water partition coefficient (Wildman–Crippen LogP) is 3.67. The lowest BCUT2D eigenvalue weighted by Gasteiger charge is -2.15. The number of likely N-dealkylation sites (tertiary alicyclic amines) is 1. The zero-order chi connectivity index (χ0) is 15.7. The molecule has 22 heavy (non-hydrogen) atoms. The second kappa shape index (κ2) is 5.84. The molecule has 4 heteroatoms. The molecule has 0 amide bonds. The lowest BCUT2D eigenvalue weighted by molar-refractivity contribution is 0.307. The van der Waals surface area contributed by atoms with Gasteiger partial charge in [0.25, 0.3) is 0 Å². The largest absolute Gasteiger partial charge is 0.339 e. The van der Waals surface area contributed by atoms with E-state index in [0.717, 1.165) is 37.8 Å². The van der Waals surface area contributed by atoms with Gasteiger partial charge in [-0.3, -0.25) is 4.90 Å². The standard InChI is InChI=1S/C18H25N3O/c1-13-6-5-7-14(10-13)11-21-9-8-15(12-21)16-19-17(20-22-16)18(2,3)4/h5-7,10,15H,8-9,11-12H2,1-4H3/t15-/m1/s1. The molecule has 1 saturated heterocycles. The van der Waals surface area contributed by atoms with E-state index in [2.05, 4.69) is 67.0 Å². The minimum absolute atomic E-state index is 0.0540. The van der Waals surface area contributed by atoms with Crippen molar-refractivity contribution in [2.75, 3.05) is 13.1 Å². The highest BCUT2D eigenvalue weighted by molar-refractivity contribution is 5.22. The summed E-state index contributed by atoms with van der Waals surface area (Å²) in [5, 5.41) is 4.15. The molecule has 2 aromatic rings. The van der Waals surface area contributed by atoms with E-state index in [0.29, 0.717) is 5.92 Å². The highest BCUT2D eigenvalue weighted by atomic mass is 16.5. The van der Waals surface area contributed by atoms with Gasteiger partial charge in [-0.15, -0.1) is 0 Å². The Kier molecular flexibility index (Phi) is 4.04. The molecule has 0 bridgehead atoms. The molecule has 0 radical (unpaired) electrons. The summed E-state index contributed by atoms with van der Waals surface area (Å²) in [5.74, 6) is 1.98. The average Bonchev–Trinajstić information content (AvgIpc) is 3.06. The maximum Gasteiger partial charge on any atom is 0.231 e. The van der Waals surface area contributed by atoms with Crippen LogP contribution in [0.5, 0.6) is 0 Å². The van der Waals surface area contributed by atoms with Crippen LogP contribution < -0.4 is 0 Å². The summed E-state index contributed by atoms with van der Waals surface area (Å²) < 4.78 is 5.50. The van der Waals surface area contributed by atoms with E-state index in [-0.39, 0.29) is 5.41 Å². The van der Waals surface area contributed by atoms with Crippen molar-refractivity contribution in [2.45, 2.75) is 52.0 Å². The van der Waals surface area contributed by atoms with E-state index >= 15 is 0 Å². The summed E-state index contributed by atoms with van der Waals surface area (Å²) in [4.78, 5) is 7.09. The number of nitrogens with zero attached hydrogens (tertiary/aromatic N) is 3. The summed E-state index contributed by atoms with van der Waals surface area (Å²) in [6, 6.07) is 8.73. The Labute approximate surface area is 132 Å². The Balaban J connectivity index is 1.64. The second-order valence-electron chi connectivity index (χ2n) is 7.42. The Morgan fingerprint density at radius 3 is 2.82 bits per heavy atom. The van der Waals surface area contributed by atoms with E-state index in [9.17, 15) is 0 Å². The van der Waals surface area contributed by atoms with Crippen molar-refractivity contribution in [3.8, 4) is 0 Å². The van der Waals surface area contributed by atoms with Crippen LogP contribution in [-0.2, 0) is 12.0 Å². The Morgan fingerprint density at radius 1 is 1.32 bits per heavy atom. The fraction of sp³-hybridized carbons (Fsp3) is 0.556. The van der Waals surface area contributed by atoms with Gasteiger partial charge < -0.3 is 4.52 Å². The molecule has 0 saturated carbocycles. The molecule has 4 nitrogen and oxygen atoms in total. The van der Waals surface area contributed by atoms with Crippen molar-refractivity contribution in [3.05, 3.63) is 47.1 Å². The molecule has 0 aliphatic carbocycles. The fourth-order valence-electron chi connectivity index (χ4n) is 2.95. The molecule has 1 aromatic heterocycles. The monoisotopic (exact) mass is 299 g/mol. The zero-order valence-corrected chi connectivity index (χ0v) is 14.0. The van der Waals surface area contributed by atoms with E-state index in [1.807, 2.05) is 0 Å². The summed E-state index contributed by atoms with van der Waals surface area (Å²) in [6.07, 6.45) is 1.09. The van der Waals surface area contributed by atoms with Crippen LogP contribution in [-0.4, -0.2) is 28.1 Å². The van der Waals surface area contributed by atoms with Crippen LogP contribution in [0.15, 0.2) is 28.8 Å². The molecule has 2 heterocycles. The SMILES string of the molecule is Cc1cccc(CN2CC[C@@H](c3nc(C(C)(C)C)no3)C2)c1. The van der Waals surface area contributed by atoms with Crippen molar-refractivity contribution < 1.29 is 4.52 Å². The normalized spacial score (nSPS) is 19.7. The smallest absolute Gasteiger partial charge is 0.231 e. The van der Waals surface area contributed by atoms with Crippen molar-refractivity contribution in [1.29, 1.82) is 0 Å². The van der Waals surface area contributed by atoms with Crippen LogP contribution >= 0.6 is 0 Å². The average molecular weight is 299 g/mol. The Hall–Kier alpha value is -1.68. The third-order valence-corrected chi connectivity index (χ3v) is 4.22. The van der Waals surface area contributed by atoms with Gasteiger partial charge in [0.2, 0.25) is 5.89 Å². The van der Waals surface area contributed by atoms with Gasteiger partial charge >= 0.3 is 0 Å². The third-order valence-electron chi connectivity index (χ3n) is 4.22. The molecular formula is C18H25N3O. The molecule has 0 spiro atoms. The first-order chi connectivity index (χ1) is 10.4. The predicted molar refractivity (Wildman–Crippen MR) is 86.8 cm³/mol. The van der Waals surface area contributed by atoms with Gasteiger partial charge in [0, 0.05) is 18.5 Å². The topological polar surface area (TPSA) is 42.2 Å². The molecule has 1 aliphatic heterocycles. The van der Waals surface area contributed by atoms with Gasteiger partial charge in [-0.1, -0.05) is 55.8 Å². The Morgan fingerprint density at radius 2 is 2.14 bits per heavy atom. The summed E-state index contributed by atoms with van der Waals surface area (Å²) in [7, 11) is 0. The summed E-state index contributed by atoms with van der Waals surface area (Å²) >= 11 is 0. The molecule has 1 atom stereocenters. The van der Waals surface area contributed by atoms with Crippen LogP contribution in [0.3, 0.4) is 0 Å². The van der Waals surface area contributed by atoms with Crippen molar-refractivity contribution >= 4 is 0 Å².